The summed E-state index contributed by atoms with van der Waals surface area (Å²) in [5.74, 6) is -1.07. The van der Waals surface area contributed by atoms with Crippen molar-refractivity contribution in [3.8, 4) is 0 Å². The summed E-state index contributed by atoms with van der Waals surface area (Å²) in [7, 11) is 1.75. The molecule has 0 spiro atoms. The van der Waals surface area contributed by atoms with E-state index in [0.29, 0.717) is 18.7 Å². The minimum absolute atomic E-state index is 0.159. The molecule has 2 amide bonds. The average molecular weight is 282 g/mol. The van der Waals surface area contributed by atoms with Gasteiger partial charge in [0, 0.05) is 6.42 Å². The van der Waals surface area contributed by atoms with Crippen LogP contribution in [0.15, 0.2) is 18.2 Å². The Labute approximate surface area is 116 Å². The number of benzene rings is 1. The van der Waals surface area contributed by atoms with Gasteiger partial charge in [-0.25, -0.2) is 4.39 Å². The third-order valence-corrected chi connectivity index (χ3v) is 2.66. The molecule has 1 aromatic rings. The Kier molecular flexibility index (Phi) is 5.92. The second-order valence-corrected chi connectivity index (χ2v) is 4.59. The molecule has 0 heterocycles. The van der Waals surface area contributed by atoms with Gasteiger partial charge in [0.1, 0.15) is 5.82 Å². The molecule has 1 rings (SSSR count). The van der Waals surface area contributed by atoms with Gasteiger partial charge in [-0.2, -0.15) is 0 Å². The number of nitrogens with zero attached hydrogens (tertiary/aromatic N) is 1. The van der Waals surface area contributed by atoms with E-state index in [4.69, 9.17) is 11.5 Å². The van der Waals surface area contributed by atoms with E-state index in [9.17, 15) is 14.0 Å². The van der Waals surface area contributed by atoms with Crippen LogP contribution in [-0.2, 0) is 9.59 Å². The zero-order valence-corrected chi connectivity index (χ0v) is 11.4. The third-order valence-electron chi connectivity index (χ3n) is 2.66. The van der Waals surface area contributed by atoms with Crippen LogP contribution in [0.3, 0.4) is 0 Å². The molecule has 7 heteroatoms. The first-order valence-electron chi connectivity index (χ1n) is 6.20. The predicted molar refractivity (Wildman–Crippen MR) is 75.4 cm³/mol. The van der Waals surface area contributed by atoms with E-state index in [2.05, 4.69) is 5.32 Å². The van der Waals surface area contributed by atoms with Crippen LogP contribution in [0.1, 0.15) is 12.8 Å². The Bertz CT molecular complexity index is 493. The maximum Gasteiger partial charge on any atom is 0.231 e. The van der Waals surface area contributed by atoms with Gasteiger partial charge in [0.05, 0.1) is 17.9 Å². The van der Waals surface area contributed by atoms with Crippen LogP contribution in [0, 0.1) is 5.82 Å². The van der Waals surface area contributed by atoms with E-state index in [-0.39, 0.29) is 24.6 Å². The van der Waals surface area contributed by atoms with Crippen LogP contribution in [0.5, 0.6) is 0 Å². The Morgan fingerprint density at radius 1 is 1.40 bits per heavy atom. The van der Waals surface area contributed by atoms with Crippen LogP contribution >= 0.6 is 0 Å². The standard InChI is InChI=1S/C13H19FN4O2/c1-18(8-12(16)19)6-2-3-13(20)17-11-5-4-9(14)7-10(11)15/h4-5,7H,2-3,6,8,15H2,1H3,(H2,16,19)(H,17,20). The van der Waals surface area contributed by atoms with Gasteiger partial charge in [0.25, 0.3) is 0 Å². The predicted octanol–water partition coefficient (Wildman–Crippen LogP) is 0.544. The van der Waals surface area contributed by atoms with E-state index >= 15 is 0 Å². The van der Waals surface area contributed by atoms with Crippen LogP contribution in [0.25, 0.3) is 0 Å². The van der Waals surface area contributed by atoms with Gasteiger partial charge >= 0.3 is 0 Å². The number of rotatable bonds is 7. The Balaban J connectivity index is 2.35. The summed E-state index contributed by atoms with van der Waals surface area (Å²) in [5.41, 5.74) is 11.2. The number of anilines is 2. The van der Waals surface area contributed by atoms with Gasteiger partial charge in [-0.15, -0.1) is 0 Å². The lowest BCUT2D eigenvalue weighted by Gasteiger charge is -2.14. The van der Waals surface area contributed by atoms with Gasteiger partial charge in [0.15, 0.2) is 0 Å². The molecular weight excluding hydrogens is 263 g/mol. The molecule has 0 fully saturated rings. The quantitative estimate of drug-likeness (QED) is 0.635. The van der Waals surface area contributed by atoms with Crippen LogP contribution < -0.4 is 16.8 Å². The van der Waals surface area contributed by atoms with Crippen molar-refractivity contribution in [2.75, 3.05) is 31.2 Å². The lowest BCUT2D eigenvalue weighted by Crippen LogP contribution is -2.31. The highest BCUT2D eigenvalue weighted by Gasteiger charge is 2.07. The number of hydrogen-bond donors (Lipinski definition) is 3. The van der Waals surface area contributed by atoms with Gasteiger partial charge in [-0.1, -0.05) is 0 Å². The van der Waals surface area contributed by atoms with Gasteiger partial charge in [-0.3, -0.25) is 14.5 Å². The number of nitrogen functional groups attached to an aromatic ring is 1. The van der Waals surface area contributed by atoms with E-state index in [1.54, 1.807) is 11.9 Å². The molecule has 0 bridgehead atoms. The lowest BCUT2D eigenvalue weighted by molar-refractivity contribution is -0.118. The number of nitrogens with two attached hydrogens (primary N) is 2. The summed E-state index contributed by atoms with van der Waals surface area (Å²) in [5, 5.41) is 2.61. The van der Waals surface area contributed by atoms with Crippen molar-refractivity contribution < 1.29 is 14.0 Å². The minimum atomic E-state index is -0.450. The number of likely N-dealkylation sites (N-methyl/N-ethyl adjacent to an activating group) is 1. The van der Waals surface area contributed by atoms with Crippen molar-refractivity contribution in [1.82, 2.24) is 4.90 Å². The van der Waals surface area contributed by atoms with Crippen molar-refractivity contribution in [1.29, 1.82) is 0 Å². The molecule has 0 unspecified atom stereocenters. The number of halogens is 1. The highest BCUT2D eigenvalue weighted by molar-refractivity contribution is 5.93. The fourth-order valence-electron chi connectivity index (χ4n) is 1.71. The van der Waals surface area contributed by atoms with Gasteiger partial charge in [0.2, 0.25) is 11.8 Å². The summed E-state index contributed by atoms with van der Waals surface area (Å²) in [6.45, 7) is 0.738. The monoisotopic (exact) mass is 282 g/mol. The van der Waals surface area contributed by atoms with Gasteiger partial charge < -0.3 is 16.8 Å². The molecular formula is C13H19FN4O2. The molecule has 0 aliphatic carbocycles. The number of hydrogen-bond acceptors (Lipinski definition) is 4. The molecule has 1 aromatic carbocycles. The first-order valence-corrected chi connectivity index (χ1v) is 6.20. The molecule has 5 N–H and O–H groups in total. The normalized spacial score (nSPS) is 10.6. The highest BCUT2D eigenvalue weighted by Crippen LogP contribution is 2.19. The fourth-order valence-corrected chi connectivity index (χ4v) is 1.71. The maximum atomic E-state index is 12.8. The molecule has 0 atom stereocenters. The molecule has 110 valence electrons. The van der Waals surface area contributed by atoms with Crippen molar-refractivity contribution in [2.24, 2.45) is 5.73 Å². The molecule has 6 nitrogen and oxygen atoms in total. The third kappa shape index (κ3) is 5.66. The second kappa shape index (κ2) is 7.44. The Morgan fingerprint density at radius 3 is 2.70 bits per heavy atom. The number of nitrogens with one attached hydrogen (secondary N) is 1. The maximum absolute atomic E-state index is 12.8. The van der Waals surface area contributed by atoms with Crippen molar-refractivity contribution in [3.63, 3.8) is 0 Å². The molecule has 0 radical (unpaired) electrons. The van der Waals surface area contributed by atoms with Crippen molar-refractivity contribution in [2.45, 2.75) is 12.8 Å². The molecule has 20 heavy (non-hydrogen) atoms. The number of amides is 2. The number of primary amides is 1. The highest BCUT2D eigenvalue weighted by atomic mass is 19.1. The minimum Gasteiger partial charge on any atom is -0.397 e. The van der Waals surface area contributed by atoms with Crippen LogP contribution in [0.4, 0.5) is 15.8 Å². The van der Waals surface area contributed by atoms with E-state index in [1.165, 1.54) is 12.1 Å². The first kappa shape index (κ1) is 15.9. The molecule has 0 aliphatic rings. The Hall–Kier alpha value is -2.15. The second-order valence-electron chi connectivity index (χ2n) is 4.59. The Morgan fingerprint density at radius 2 is 2.10 bits per heavy atom. The van der Waals surface area contributed by atoms with E-state index in [1.807, 2.05) is 0 Å². The summed E-state index contributed by atoms with van der Waals surface area (Å²) in [6, 6.07) is 3.80. The summed E-state index contributed by atoms with van der Waals surface area (Å²) in [6.07, 6.45) is 0.858. The van der Waals surface area contributed by atoms with Crippen molar-refractivity contribution >= 4 is 23.2 Å². The zero-order valence-electron chi connectivity index (χ0n) is 11.4. The number of carbonyl (C=O) groups excluding carboxylic acids is 2. The zero-order chi connectivity index (χ0) is 15.1. The largest absolute Gasteiger partial charge is 0.397 e. The van der Waals surface area contributed by atoms with Crippen molar-refractivity contribution in [3.05, 3.63) is 24.0 Å². The summed E-state index contributed by atoms with van der Waals surface area (Å²) >= 11 is 0. The number of carbonyl (C=O) groups is 2. The van der Waals surface area contributed by atoms with E-state index < -0.39 is 11.7 Å². The first-order chi connectivity index (χ1) is 9.38. The average Bonchev–Trinajstić information content (AvgIpc) is 2.31. The molecule has 0 aliphatic heterocycles. The lowest BCUT2D eigenvalue weighted by atomic mass is 10.2. The summed E-state index contributed by atoms with van der Waals surface area (Å²) < 4.78 is 12.8. The van der Waals surface area contributed by atoms with Crippen LogP contribution in [0.2, 0.25) is 0 Å². The molecule has 0 aromatic heterocycles. The SMILES string of the molecule is CN(CCCC(=O)Nc1ccc(F)cc1N)CC(N)=O. The van der Waals surface area contributed by atoms with Crippen LogP contribution in [-0.4, -0.2) is 36.9 Å². The molecule has 0 saturated carbocycles. The summed E-state index contributed by atoms with van der Waals surface area (Å²) in [4.78, 5) is 24.1. The van der Waals surface area contributed by atoms with E-state index in [0.717, 1.165) is 6.07 Å². The fraction of sp³-hybridized carbons (Fsp3) is 0.385. The molecule has 0 saturated heterocycles. The smallest absolute Gasteiger partial charge is 0.231 e. The van der Waals surface area contributed by atoms with Gasteiger partial charge in [-0.05, 0) is 38.2 Å². The topological polar surface area (TPSA) is 101 Å².